The van der Waals surface area contributed by atoms with Crippen LogP contribution in [0.15, 0.2) is 35.9 Å². The number of hydrogen-bond acceptors (Lipinski definition) is 10. The predicted octanol–water partition coefficient (Wildman–Crippen LogP) is 6.39. The average Bonchev–Trinajstić information content (AvgIpc) is 3.75. The van der Waals surface area contributed by atoms with Gasteiger partial charge in [-0.05, 0) is 63.5 Å². The van der Waals surface area contributed by atoms with Crippen molar-refractivity contribution in [3.05, 3.63) is 52.1 Å². The lowest BCUT2D eigenvalue weighted by Crippen LogP contribution is -2.60. The first-order chi connectivity index (χ1) is 23.1. The molecule has 0 spiro atoms. The molecular weight excluding hydrogens is 688 g/mol. The minimum atomic E-state index is -1.55. The third kappa shape index (κ3) is 8.64. The lowest BCUT2D eigenvalue weighted by Gasteiger charge is -2.41. The van der Waals surface area contributed by atoms with Crippen LogP contribution in [0.1, 0.15) is 64.5 Å². The van der Waals surface area contributed by atoms with E-state index in [0.29, 0.717) is 23.6 Å². The topological polar surface area (TPSA) is 127 Å². The monoisotopic (exact) mass is 736 g/mol. The second kappa shape index (κ2) is 15.6. The van der Waals surface area contributed by atoms with Crippen molar-refractivity contribution in [3.63, 3.8) is 0 Å². The van der Waals surface area contributed by atoms with E-state index in [1.165, 1.54) is 4.90 Å². The number of nitrogens with one attached hydrogen (secondary N) is 1. The fourth-order valence-electron chi connectivity index (χ4n) is 7.05. The summed E-state index contributed by atoms with van der Waals surface area (Å²) in [6.45, 7) is 9.72. The summed E-state index contributed by atoms with van der Waals surface area (Å²) in [5.74, 6) is -1.16. The highest BCUT2D eigenvalue weighted by Crippen LogP contribution is 2.49. The first-order valence-corrected chi connectivity index (χ1v) is 20.0. The van der Waals surface area contributed by atoms with Gasteiger partial charge in [-0.1, -0.05) is 76.9 Å². The molecular formula is C36H49ClN2O8S2. The number of carbonyl (C=O) groups excluding carboxylic acids is 3. The number of rotatable bonds is 5. The van der Waals surface area contributed by atoms with Crippen molar-refractivity contribution >= 4 is 56.8 Å². The molecule has 0 radical (unpaired) electrons. The maximum atomic E-state index is 14.0. The van der Waals surface area contributed by atoms with Crippen LogP contribution in [0, 0.1) is 24.7 Å². The molecule has 1 aromatic carbocycles. The summed E-state index contributed by atoms with van der Waals surface area (Å²) in [5, 5.41) is 14.7. The number of anilines is 1. The molecule has 49 heavy (non-hydrogen) atoms. The van der Waals surface area contributed by atoms with Crippen LogP contribution in [0.25, 0.3) is 0 Å². The van der Waals surface area contributed by atoms with Crippen molar-refractivity contribution in [3.8, 4) is 0 Å². The summed E-state index contributed by atoms with van der Waals surface area (Å²) >= 11 is 6.78. The molecule has 4 aliphatic heterocycles. The zero-order valence-corrected chi connectivity index (χ0v) is 31.7. The normalized spacial score (nSPS) is 37.2. The van der Waals surface area contributed by atoms with Gasteiger partial charge in [0, 0.05) is 31.1 Å². The Kier molecular flexibility index (Phi) is 12.1. The number of nitrogens with zero attached hydrogens (tertiary/aromatic N) is 1. The Bertz CT molecular complexity index is 1480. The van der Waals surface area contributed by atoms with Gasteiger partial charge in [0.1, 0.15) is 23.5 Å². The molecule has 1 aromatic rings. The van der Waals surface area contributed by atoms with Gasteiger partial charge >= 0.3 is 12.1 Å². The average molecular weight is 737 g/mol. The van der Waals surface area contributed by atoms with Crippen molar-refractivity contribution in [1.82, 2.24) is 5.32 Å². The number of alkyl carbamates (subject to hydrolysis) is 1. The number of ether oxygens (including phenoxy) is 4. The first-order valence-electron chi connectivity index (χ1n) is 16.9. The van der Waals surface area contributed by atoms with Gasteiger partial charge < -0.3 is 29.0 Å². The fraction of sp³-hybridized carbons (Fsp3) is 0.639. The lowest BCUT2D eigenvalue weighted by molar-refractivity contribution is -0.164. The van der Waals surface area contributed by atoms with Crippen molar-refractivity contribution in [2.45, 2.75) is 102 Å². The number of epoxide rings is 1. The molecule has 0 aromatic heterocycles. The van der Waals surface area contributed by atoms with Crippen LogP contribution >= 0.6 is 33.2 Å². The minimum absolute atomic E-state index is 0.0828. The number of halogens is 1. The van der Waals surface area contributed by atoms with Gasteiger partial charge in [0.05, 0.1) is 41.9 Å². The van der Waals surface area contributed by atoms with Crippen LogP contribution in [0.4, 0.5) is 10.5 Å². The molecule has 5 rings (SSSR count). The Morgan fingerprint density at radius 1 is 1.22 bits per heavy atom. The number of carbonyl (C=O) groups is 3. The molecule has 2 amide bonds. The first kappa shape index (κ1) is 38.0. The SMILES string of the molecule is CSSCC1CCC(C(=O)O[C@H]2CC(=O)N(C)c3cc(cc(C)c3Cl)C/C(C)=C/C=C/[C@@H](C)[C@@]3(O)C[C@H](OC(=O)N3)[C@@H](C)[C@@H]3O[C@@]23C)CO1. The zero-order valence-electron chi connectivity index (χ0n) is 29.3. The molecule has 4 heterocycles. The molecule has 270 valence electrons. The molecule has 0 saturated carbocycles. The molecule has 3 saturated heterocycles. The maximum Gasteiger partial charge on any atom is 0.409 e. The number of fused-ring (bicyclic) bond motifs is 5. The Balaban J connectivity index is 1.46. The van der Waals surface area contributed by atoms with E-state index >= 15 is 0 Å². The van der Waals surface area contributed by atoms with Crippen LogP contribution in [0.5, 0.6) is 0 Å². The summed E-state index contributed by atoms with van der Waals surface area (Å²) in [4.78, 5) is 42.0. The van der Waals surface area contributed by atoms with E-state index in [1.54, 1.807) is 28.6 Å². The molecule has 3 fully saturated rings. The van der Waals surface area contributed by atoms with Gasteiger partial charge in [0.15, 0.2) is 0 Å². The zero-order chi connectivity index (χ0) is 35.7. The van der Waals surface area contributed by atoms with Gasteiger partial charge in [-0.25, -0.2) is 4.79 Å². The lowest BCUT2D eigenvalue weighted by atomic mass is 9.82. The summed E-state index contributed by atoms with van der Waals surface area (Å²) in [5.41, 5.74) is 0.825. The molecule has 4 aliphatic rings. The van der Waals surface area contributed by atoms with E-state index in [0.717, 1.165) is 28.9 Å². The minimum Gasteiger partial charge on any atom is -0.458 e. The molecule has 0 aliphatic carbocycles. The Hall–Kier alpha value is -2.22. The van der Waals surface area contributed by atoms with E-state index in [4.69, 9.17) is 30.5 Å². The smallest absolute Gasteiger partial charge is 0.409 e. The Labute approximate surface area is 302 Å². The molecule has 10 nitrogen and oxygen atoms in total. The summed E-state index contributed by atoms with van der Waals surface area (Å²) in [6.07, 6.45) is 6.89. The van der Waals surface area contributed by atoms with Gasteiger partial charge in [-0.15, -0.1) is 0 Å². The van der Waals surface area contributed by atoms with Crippen LogP contribution < -0.4 is 10.2 Å². The van der Waals surface area contributed by atoms with Gasteiger partial charge in [-0.2, -0.15) is 0 Å². The number of amides is 2. The predicted molar refractivity (Wildman–Crippen MR) is 194 cm³/mol. The van der Waals surface area contributed by atoms with E-state index in [-0.39, 0.29) is 31.5 Å². The van der Waals surface area contributed by atoms with Gasteiger partial charge in [0.25, 0.3) is 0 Å². The molecule has 13 heteroatoms. The maximum absolute atomic E-state index is 14.0. The fourth-order valence-corrected chi connectivity index (χ4v) is 8.70. The highest BCUT2D eigenvalue weighted by molar-refractivity contribution is 8.76. The molecule has 4 bridgehead atoms. The van der Waals surface area contributed by atoms with Crippen LogP contribution in [-0.4, -0.2) is 84.5 Å². The van der Waals surface area contributed by atoms with Crippen LogP contribution in [0.3, 0.4) is 0 Å². The Morgan fingerprint density at radius 3 is 2.67 bits per heavy atom. The van der Waals surface area contributed by atoms with E-state index in [9.17, 15) is 19.5 Å². The number of esters is 1. The van der Waals surface area contributed by atoms with Crippen LogP contribution in [-0.2, 0) is 35.0 Å². The Morgan fingerprint density at radius 2 is 1.98 bits per heavy atom. The summed E-state index contributed by atoms with van der Waals surface area (Å²) < 4.78 is 24.2. The van der Waals surface area contributed by atoms with Crippen molar-refractivity contribution < 1.29 is 38.4 Å². The number of aliphatic hydroxyl groups is 1. The van der Waals surface area contributed by atoms with Crippen molar-refractivity contribution in [2.24, 2.45) is 17.8 Å². The quantitative estimate of drug-likeness (QED) is 0.199. The standard InChI is InChI=1S/C36H49ClN2O8S2/c1-20-9-8-10-22(3)36(43)17-28(45-34(42)38-36)23(4)32-35(5,47-32)29(46-33(41)25-11-12-26(44-18-25)19-49-48-7)16-30(40)39(6)27-15-24(13-20)14-21(2)31(27)37/h8-10,14-15,22-23,25-26,28-29,32,43H,11-13,16-19H2,1-7H3,(H,38,42)/b10-8+,20-9+/t22-,23-,25?,26?,28+,29+,32+,35+,36+/m1/s1. The number of aryl methyl sites for hydroxylation is 1. The van der Waals surface area contributed by atoms with E-state index in [2.05, 4.69) is 5.32 Å². The van der Waals surface area contributed by atoms with E-state index in [1.807, 2.05) is 71.2 Å². The largest absolute Gasteiger partial charge is 0.458 e. The summed E-state index contributed by atoms with van der Waals surface area (Å²) in [6, 6.07) is 3.92. The van der Waals surface area contributed by atoms with Gasteiger partial charge in [-0.3, -0.25) is 14.9 Å². The summed E-state index contributed by atoms with van der Waals surface area (Å²) in [7, 11) is 5.09. The molecule has 2 unspecified atom stereocenters. The number of hydrogen-bond donors (Lipinski definition) is 2. The molecule has 2 N–H and O–H groups in total. The molecule has 9 atom stereocenters. The third-order valence-electron chi connectivity index (χ3n) is 10.4. The number of benzene rings is 1. The second-order valence-corrected chi connectivity index (χ2v) is 17.1. The second-order valence-electron chi connectivity index (χ2n) is 14.2. The van der Waals surface area contributed by atoms with E-state index < -0.39 is 59.5 Å². The van der Waals surface area contributed by atoms with Crippen molar-refractivity contribution in [2.75, 3.05) is 30.6 Å². The van der Waals surface area contributed by atoms with Crippen LogP contribution in [0.2, 0.25) is 5.02 Å². The highest BCUT2D eigenvalue weighted by atomic mass is 35.5. The van der Waals surface area contributed by atoms with Crippen molar-refractivity contribution in [1.29, 1.82) is 0 Å². The highest BCUT2D eigenvalue weighted by Gasteiger charge is 2.64. The third-order valence-corrected chi connectivity index (χ3v) is 12.8. The van der Waals surface area contributed by atoms with Gasteiger partial charge in [0.2, 0.25) is 5.91 Å². The number of allylic oxidation sites excluding steroid dienone is 3.